The first kappa shape index (κ1) is 24.4. The van der Waals surface area contributed by atoms with Crippen LogP contribution in [0.3, 0.4) is 0 Å². The SMILES string of the molecule is CC(C)C(C)CNC(=O)[C@@H](N)Cc1cn(Cc2ccccc2)cn1.Cl.Cl. The highest BCUT2D eigenvalue weighted by Crippen LogP contribution is 2.08. The maximum Gasteiger partial charge on any atom is 0.237 e. The van der Waals surface area contributed by atoms with E-state index in [0.717, 1.165) is 12.2 Å². The molecule has 1 amide bonds. The van der Waals surface area contributed by atoms with Gasteiger partial charge in [-0.25, -0.2) is 4.98 Å². The molecular weight excluding hydrogens is 371 g/mol. The number of carbonyl (C=O) groups is 1. The molecule has 3 N–H and O–H groups in total. The average molecular weight is 401 g/mol. The highest BCUT2D eigenvalue weighted by molar-refractivity contribution is 5.85. The number of hydrogen-bond acceptors (Lipinski definition) is 3. The lowest BCUT2D eigenvalue weighted by Crippen LogP contribution is -2.43. The second-order valence-electron chi connectivity index (χ2n) is 6.80. The predicted molar refractivity (Wildman–Crippen MR) is 111 cm³/mol. The molecule has 0 saturated heterocycles. The summed E-state index contributed by atoms with van der Waals surface area (Å²) in [6.45, 7) is 7.85. The molecule has 0 aliphatic rings. The van der Waals surface area contributed by atoms with Gasteiger partial charge in [-0.15, -0.1) is 24.8 Å². The summed E-state index contributed by atoms with van der Waals surface area (Å²) in [7, 11) is 0. The van der Waals surface area contributed by atoms with Crippen molar-refractivity contribution in [3.05, 3.63) is 54.1 Å². The summed E-state index contributed by atoms with van der Waals surface area (Å²) in [5.41, 5.74) is 8.06. The Morgan fingerprint density at radius 2 is 1.85 bits per heavy atom. The van der Waals surface area contributed by atoms with E-state index in [4.69, 9.17) is 5.73 Å². The van der Waals surface area contributed by atoms with Gasteiger partial charge in [-0.3, -0.25) is 4.79 Å². The number of benzene rings is 1. The lowest BCUT2D eigenvalue weighted by Gasteiger charge is -2.18. The highest BCUT2D eigenvalue weighted by Gasteiger charge is 2.17. The predicted octanol–water partition coefficient (Wildman–Crippen LogP) is 3.05. The van der Waals surface area contributed by atoms with E-state index in [1.54, 1.807) is 6.33 Å². The van der Waals surface area contributed by atoms with Crippen LogP contribution in [0.4, 0.5) is 0 Å². The summed E-state index contributed by atoms with van der Waals surface area (Å²) in [5.74, 6) is 0.863. The summed E-state index contributed by atoms with van der Waals surface area (Å²) >= 11 is 0. The van der Waals surface area contributed by atoms with Gasteiger partial charge in [-0.1, -0.05) is 51.1 Å². The van der Waals surface area contributed by atoms with Crippen molar-refractivity contribution in [2.24, 2.45) is 17.6 Å². The van der Waals surface area contributed by atoms with E-state index >= 15 is 0 Å². The molecule has 2 aromatic rings. The highest BCUT2D eigenvalue weighted by atomic mass is 35.5. The summed E-state index contributed by atoms with van der Waals surface area (Å²) in [5, 5.41) is 2.93. The van der Waals surface area contributed by atoms with Crippen molar-refractivity contribution in [2.45, 2.75) is 39.8 Å². The lowest BCUT2D eigenvalue weighted by atomic mass is 9.98. The Morgan fingerprint density at radius 3 is 2.46 bits per heavy atom. The van der Waals surface area contributed by atoms with Crippen molar-refractivity contribution in [1.29, 1.82) is 0 Å². The van der Waals surface area contributed by atoms with E-state index < -0.39 is 6.04 Å². The topological polar surface area (TPSA) is 72.9 Å². The molecular formula is C19H30Cl2N4O. The molecule has 1 unspecified atom stereocenters. The normalized spacial score (nSPS) is 12.7. The molecule has 0 spiro atoms. The van der Waals surface area contributed by atoms with E-state index in [2.05, 4.69) is 43.2 Å². The molecule has 1 aromatic carbocycles. The standard InChI is InChI=1S/C19H28N4O.2ClH/c1-14(2)15(3)10-21-19(24)18(20)9-17-12-23(13-22-17)11-16-7-5-4-6-8-16;;/h4-8,12-15,18H,9-11,20H2,1-3H3,(H,21,24);2*1H/t15?,18-;;/m0../s1. The number of halogens is 2. The maximum atomic E-state index is 12.1. The summed E-state index contributed by atoms with van der Waals surface area (Å²) in [6.07, 6.45) is 4.19. The number of imidazole rings is 1. The molecule has 0 aliphatic carbocycles. The molecule has 0 radical (unpaired) electrons. The van der Waals surface area contributed by atoms with Crippen molar-refractivity contribution in [3.8, 4) is 0 Å². The van der Waals surface area contributed by atoms with Crippen LogP contribution >= 0.6 is 24.8 Å². The Bertz CT molecular complexity index is 646. The van der Waals surface area contributed by atoms with Crippen molar-refractivity contribution < 1.29 is 4.79 Å². The van der Waals surface area contributed by atoms with Gasteiger partial charge in [0.25, 0.3) is 0 Å². The zero-order valence-corrected chi connectivity index (χ0v) is 17.2. The molecule has 0 aliphatic heterocycles. The zero-order valence-electron chi connectivity index (χ0n) is 15.6. The average Bonchev–Trinajstić information content (AvgIpc) is 2.99. The second-order valence-corrected chi connectivity index (χ2v) is 6.80. The van der Waals surface area contributed by atoms with Crippen molar-refractivity contribution in [2.75, 3.05) is 6.54 Å². The van der Waals surface area contributed by atoms with Gasteiger partial charge in [-0.05, 0) is 17.4 Å². The lowest BCUT2D eigenvalue weighted by molar-refractivity contribution is -0.122. The number of nitrogens with zero attached hydrogens (tertiary/aromatic N) is 2. The maximum absolute atomic E-state index is 12.1. The van der Waals surface area contributed by atoms with Crippen molar-refractivity contribution in [1.82, 2.24) is 14.9 Å². The van der Waals surface area contributed by atoms with Crippen LogP contribution in [0.2, 0.25) is 0 Å². The van der Waals surface area contributed by atoms with Gasteiger partial charge in [0.2, 0.25) is 5.91 Å². The Kier molecular flexibility index (Phi) is 11.2. The first-order valence-electron chi connectivity index (χ1n) is 8.53. The molecule has 5 nitrogen and oxygen atoms in total. The number of aromatic nitrogens is 2. The van der Waals surface area contributed by atoms with Crippen LogP contribution < -0.4 is 11.1 Å². The summed E-state index contributed by atoms with van der Waals surface area (Å²) in [4.78, 5) is 16.5. The van der Waals surface area contributed by atoms with Gasteiger partial charge >= 0.3 is 0 Å². The first-order chi connectivity index (χ1) is 11.5. The monoisotopic (exact) mass is 400 g/mol. The van der Waals surface area contributed by atoms with Gasteiger partial charge < -0.3 is 15.6 Å². The largest absolute Gasteiger partial charge is 0.354 e. The molecule has 26 heavy (non-hydrogen) atoms. The van der Waals surface area contributed by atoms with Crippen LogP contribution in [0, 0.1) is 11.8 Å². The second kappa shape index (κ2) is 11.9. The number of nitrogens with two attached hydrogens (primary N) is 1. The van der Waals surface area contributed by atoms with Gasteiger partial charge in [0.15, 0.2) is 0 Å². The molecule has 0 bridgehead atoms. The van der Waals surface area contributed by atoms with Gasteiger partial charge in [0.05, 0.1) is 18.1 Å². The fraction of sp³-hybridized carbons (Fsp3) is 0.474. The van der Waals surface area contributed by atoms with E-state index in [1.165, 1.54) is 5.56 Å². The Morgan fingerprint density at radius 1 is 1.19 bits per heavy atom. The van der Waals surface area contributed by atoms with Crippen molar-refractivity contribution >= 4 is 30.7 Å². The molecule has 146 valence electrons. The third-order valence-corrected chi connectivity index (χ3v) is 4.40. The molecule has 1 aromatic heterocycles. The van der Waals surface area contributed by atoms with E-state index in [0.29, 0.717) is 24.8 Å². The number of amides is 1. The molecule has 0 fully saturated rings. The smallest absolute Gasteiger partial charge is 0.237 e. The number of carbonyl (C=O) groups excluding carboxylic acids is 1. The fourth-order valence-electron chi connectivity index (χ4n) is 2.34. The first-order valence-corrected chi connectivity index (χ1v) is 8.53. The van der Waals surface area contributed by atoms with E-state index in [1.807, 2.05) is 29.0 Å². The van der Waals surface area contributed by atoms with Crippen molar-refractivity contribution in [3.63, 3.8) is 0 Å². The molecule has 2 atom stereocenters. The minimum absolute atomic E-state index is 0. The minimum atomic E-state index is -0.565. The summed E-state index contributed by atoms with van der Waals surface area (Å²) in [6, 6.07) is 9.63. The number of nitrogens with one attached hydrogen (secondary N) is 1. The van der Waals surface area contributed by atoms with E-state index in [-0.39, 0.29) is 30.7 Å². The van der Waals surface area contributed by atoms with Crippen LogP contribution in [-0.4, -0.2) is 28.0 Å². The minimum Gasteiger partial charge on any atom is -0.354 e. The van der Waals surface area contributed by atoms with Gasteiger partial charge in [-0.2, -0.15) is 0 Å². The zero-order chi connectivity index (χ0) is 17.5. The van der Waals surface area contributed by atoms with Crippen LogP contribution in [-0.2, 0) is 17.8 Å². The number of hydrogen-bond donors (Lipinski definition) is 2. The summed E-state index contributed by atoms with van der Waals surface area (Å²) < 4.78 is 2.01. The molecule has 1 heterocycles. The van der Waals surface area contributed by atoms with Crippen LogP contribution in [0.5, 0.6) is 0 Å². The fourth-order valence-corrected chi connectivity index (χ4v) is 2.34. The van der Waals surface area contributed by atoms with Crippen LogP contribution in [0.25, 0.3) is 0 Å². The third-order valence-electron chi connectivity index (χ3n) is 4.40. The molecule has 0 saturated carbocycles. The molecule has 2 rings (SSSR count). The van der Waals surface area contributed by atoms with Gasteiger partial charge in [0.1, 0.15) is 0 Å². The van der Waals surface area contributed by atoms with Crippen LogP contribution in [0.15, 0.2) is 42.9 Å². The number of rotatable bonds is 8. The third kappa shape index (κ3) is 7.77. The van der Waals surface area contributed by atoms with E-state index in [9.17, 15) is 4.79 Å². The van der Waals surface area contributed by atoms with Gasteiger partial charge in [0, 0.05) is 25.7 Å². The molecule has 7 heteroatoms. The Balaban J connectivity index is 0.00000312. The Labute approximate surface area is 168 Å². The quantitative estimate of drug-likeness (QED) is 0.714. The Hall–Kier alpha value is -1.56. The van der Waals surface area contributed by atoms with Crippen LogP contribution in [0.1, 0.15) is 32.0 Å².